The Balaban J connectivity index is 2.14. The van der Waals surface area contributed by atoms with Crippen molar-refractivity contribution in [2.75, 3.05) is 30.8 Å². The van der Waals surface area contributed by atoms with Gasteiger partial charge in [0.2, 0.25) is 0 Å². The van der Waals surface area contributed by atoms with E-state index >= 15 is 0 Å². The highest BCUT2D eigenvalue weighted by molar-refractivity contribution is 7.18. The van der Waals surface area contributed by atoms with E-state index in [0.29, 0.717) is 10.6 Å². The van der Waals surface area contributed by atoms with Crippen LogP contribution in [0.1, 0.15) is 41.8 Å². The minimum atomic E-state index is -0.337. The second kappa shape index (κ2) is 6.09. The molecule has 2 N–H and O–H groups in total. The quantitative estimate of drug-likeness (QED) is 0.838. The Hall–Kier alpha value is -1.23. The van der Waals surface area contributed by atoms with Crippen LogP contribution in [0.5, 0.6) is 0 Å². The zero-order chi connectivity index (χ0) is 13.0. The molecule has 1 aliphatic heterocycles. The van der Waals surface area contributed by atoms with Crippen LogP contribution in [0.4, 0.5) is 10.7 Å². The van der Waals surface area contributed by atoms with Gasteiger partial charge in [0, 0.05) is 13.1 Å². The molecule has 0 aliphatic carbocycles. The number of nitrogen functional groups attached to an aromatic ring is 1. The fourth-order valence-corrected chi connectivity index (χ4v) is 3.32. The van der Waals surface area contributed by atoms with E-state index in [1.807, 2.05) is 6.07 Å². The molecule has 0 bridgehead atoms. The second-order valence-electron chi connectivity index (χ2n) is 4.62. The van der Waals surface area contributed by atoms with Crippen LogP contribution in [-0.4, -0.2) is 26.2 Å². The number of carbonyl (C=O) groups is 1. The minimum absolute atomic E-state index is 0.337. The van der Waals surface area contributed by atoms with Gasteiger partial charge in [-0.25, -0.2) is 4.79 Å². The fourth-order valence-electron chi connectivity index (χ4n) is 2.27. The number of nitrogens with zero attached hydrogens (tertiary/aromatic N) is 1. The van der Waals surface area contributed by atoms with Crippen molar-refractivity contribution in [2.45, 2.75) is 32.1 Å². The first-order valence-corrected chi connectivity index (χ1v) is 7.26. The van der Waals surface area contributed by atoms with Crippen molar-refractivity contribution < 1.29 is 9.53 Å². The lowest BCUT2D eigenvalue weighted by Gasteiger charge is -2.25. The number of carbonyl (C=O) groups excluding carboxylic acids is 1. The normalized spacial score (nSPS) is 17.1. The van der Waals surface area contributed by atoms with Gasteiger partial charge in [0.25, 0.3) is 0 Å². The van der Waals surface area contributed by atoms with Crippen molar-refractivity contribution in [1.82, 2.24) is 0 Å². The Kier molecular flexibility index (Phi) is 4.47. The summed E-state index contributed by atoms with van der Waals surface area (Å²) in [6.45, 7) is 2.11. The smallest absolute Gasteiger partial charge is 0.350 e. The lowest BCUT2D eigenvalue weighted by atomic mass is 10.1. The van der Waals surface area contributed by atoms with Crippen molar-refractivity contribution in [3.05, 3.63) is 10.9 Å². The lowest BCUT2D eigenvalue weighted by molar-refractivity contribution is 0.0607. The molecule has 2 rings (SSSR count). The number of esters is 1. The van der Waals surface area contributed by atoms with Gasteiger partial charge in [-0.2, -0.15) is 0 Å². The largest absolute Gasteiger partial charge is 0.465 e. The molecule has 2 heterocycles. The van der Waals surface area contributed by atoms with Crippen LogP contribution in [0, 0.1) is 0 Å². The summed E-state index contributed by atoms with van der Waals surface area (Å²) in [6.07, 6.45) is 6.35. The summed E-state index contributed by atoms with van der Waals surface area (Å²) in [7, 11) is 1.39. The Bertz CT molecular complexity index is 409. The third-order valence-corrected chi connectivity index (χ3v) is 4.48. The topological polar surface area (TPSA) is 55.6 Å². The van der Waals surface area contributed by atoms with E-state index in [-0.39, 0.29) is 5.97 Å². The average Bonchev–Trinajstić information content (AvgIpc) is 2.70. The van der Waals surface area contributed by atoms with E-state index in [9.17, 15) is 4.79 Å². The Morgan fingerprint density at radius 3 is 2.50 bits per heavy atom. The monoisotopic (exact) mass is 268 g/mol. The molecule has 100 valence electrons. The predicted molar refractivity (Wildman–Crippen MR) is 75.4 cm³/mol. The highest BCUT2D eigenvalue weighted by Crippen LogP contribution is 2.33. The predicted octanol–water partition coefficient (Wildman–Crippen LogP) is 2.89. The maximum absolute atomic E-state index is 11.5. The fraction of sp³-hybridized carbons (Fsp3) is 0.615. The van der Waals surface area contributed by atoms with Crippen molar-refractivity contribution in [2.24, 2.45) is 0 Å². The van der Waals surface area contributed by atoms with Gasteiger partial charge in [0.1, 0.15) is 4.88 Å². The number of rotatable bonds is 2. The number of hydrogen-bond donors (Lipinski definition) is 1. The van der Waals surface area contributed by atoms with Crippen LogP contribution < -0.4 is 10.6 Å². The highest BCUT2D eigenvalue weighted by Gasteiger charge is 2.18. The molecule has 0 radical (unpaired) electrons. The summed E-state index contributed by atoms with van der Waals surface area (Å²) in [5, 5.41) is 1.09. The van der Waals surface area contributed by atoms with Gasteiger partial charge in [0.15, 0.2) is 0 Å². The molecule has 0 atom stereocenters. The van der Waals surface area contributed by atoms with Crippen LogP contribution in [0.25, 0.3) is 0 Å². The molecule has 0 unspecified atom stereocenters. The van der Waals surface area contributed by atoms with Crippen molar-refractivity contribution in [3.8, 4) is 0 Å². The van der Waals surface area contributed by atoms with Crippen LogP contribution in [0.15, 0.2) is 6.07 Å². The van der Waals surface area contributed by atoms with E-state index in [0.717, 1.165) is 18.1 Å². The highest BCUT2D eigenvalue weighted by atomic mass is 32.1. The molecule has 1 aliphatic rings. The van der Waals surface area contributed by atoms with Gasteiger partial charge in [-0.05, 0) is 18.9 Å². The van der Waals surface area contributed by atoms with Crippen molar-refractivity contribution in [3.63, 3.8) is 0 Å². The zero-order valence-corrected chi connectivity index (χ0v) is 11.6. The standard InChI is InChI=1S/C13H20N2O2S/c1-17-13(16)12-10(14)9-11(18-12)15-7-5-3-2-4-6-8-15/h9H,2-8,14H2,1H3. The summed E-state index contributed by atoms with van der Waals surface area (Å²) >= 11 is 1.44. The Morgan fingerprint density at radius 2 is 1.89 bits per heavy atom. The van der Waals surface area contributed by atoms with E-state index in [4.69, 9.17) is 10.5 Å². The molecule has 1 aromatic rings. The summed E-state index contributed by atoms with van der Waals surface area (Å²) in [4.78, 5) is 14.4. The molecule has 0 aromatic carbocycles. The number of thiophene rings is 1. The molecular formula is C13H20N2O2S. The number of anilines is 2. The molecule has 5 heteroatoms. The van der Waals surface area contributed by atoms with Gasteiger partial charge in [-0.3, -0.25) is 0 Å². The van der Waals surface area contributed by atoms with Crippen molar-refractivity contribution >= 4 is 28.0 Å². The zero-order valence-electron chi connectivity index (χ0n) is 10.8. The molecular weight excluding hydrogens is 248 g/mol. The molecule has 1 aromatic heterocycles. The summed E-state index contributed by atoms with van der Waals surface area (Å²) < 4.78 is 4.74. The number of hydrogen-bond acceptors (Lipinski definition) is 5. The van der Waals surface area contributed by atoms with E-state index in [1.165, 1.54) is 50.6 Å². The van der Waals surface area contributed by atoms with Crippen LogP contribution >= 0.6 is 11.3 Å². The Labute approximate surface area is 112 Å². The minimum Gasteiger partial charge on any atom is -0.465 e. The van der Waals surface area contributed by atoms with Gasteiger partial charge in [-0.1, -0.05) is 19.3 Å². The van der Waals surface area contributed by atoms with Crippen LogP contribution in [0.3, 0.4) is 0 Å². The van der Waals surface area contributed by atoms with Gasteiger partial charge < -0.3 is 15.4 Å². The Morgan fingerprint density at radius 1 is 1.28 bits per heavy atom. The maximum Gasteiger partial charge on any atom is 0.350 e. The van der Waals surface area contributed by atoms with E-state index in [1.54, 1.807) is 0 Å². The molecule has 0 saturated carbocycles. The van der Waals surface area contributed by atoms with Crippen molar-refractivity contribution in [1.29, 1.82) is 0 Å². The van der Waals surface area contributed by atoms with Gasteiger partial charge >= 0.3 is 5.97 Å². The number of methoxy groups -OCH3 is 1. The third-order valence-electron chi connectivity index (χ3n) is 3.29. The summed E-state index contributed by atoms with van der Waals surface area (Å²) in [5.41, 5.74) is 6.41. The molecule has 0 amide bonds. The first-order valence-electron chi connectivity index (χ1n) is 6.45. The maximum atomic E-state index is 11.5. The van der Waals surface area contributed by atoms with E-state index in [2.05, 4.69) is 4.90 Å². The molecule has 4 nitrogen and oxygen atoms in total. The SMILES string of the molecule is COC(=O)c1sc(N2CCCCCCC2)cc1N. The number of nitrogens with two attached hydrogens (primary N) is 1. The van der Waals surface area contributed by atoms with Crippen LogP contribution in [0.2, 0.25) is 0 Å². The third kappa shape index (κ3) is 2.96. The van der Waals surface area contributed by atoms with E-state index < -0.39 is 0 Å². The van der Waals surface area contributed by atoms with Crippen LogP contribution in [-0.2, 0) is 4.74 Å². The first-order chi connectivity index (χ1) is 8.72. The molecule has 1 fully saturated rings. The first kappa shape index (κ1) is 13.2. The molecule has 1 saturated heterocycles. The second-order valence-corrected chi connectivity index (χ2v) is 5.65. The lowest BCUT2D eigenvalue weighted by Crippen LogP contribution is -2.26. The summed E-state index contributed by atoms with van der Waals surface area (Å²) in [6, 6.07) is 1.90. The average molecular weight is 268 g/mol. The molecule has 0 spiro atoms. The molecule has 18 heavy (non-hydrogen) atoms. The number of ether oxygens (including phenoxy) is 1. The summed E-state index contributed by atoms with van der Waals surface area (Å²) in [5.74, 6) is -0.337. The van der Waals surface area contributed by atoms with Gasteiger partial charge in [0.05, 0.1) is 17.8 Å². The van der Waals surface area contributed by atoms with Gasteiger partial charge in [-0.15, -0.1) is 11.3 Å².